The van der Waals surface area contributed by atoms with Gasteiger partial charge in [0.25, 0.3) is 0 Å². The van der Waals surface area contributed by atoms with Gasteiger partial charge in [-0.15, -0.1) is 0 Å². The molecule has 1 aliphatic rings. The lowest BCUT2D eigenvalue weighted by molar-refractivity contribution is 0.0370. The van der Waals surface area contributed by atoms with Gasteiger partial charge in [-0.2, -0.15) is 5.10 Å². The number of aryl methyl sites for hydroxylation is 1. The summed E-state index contributed by atoms with van der Waals surface area (Å²) in [7, 11) is 0. The molecule has 0 saturated carbocycles. The van der Waals surface area contributed by atoms with Crippen molar-refractivity contribution >= 4 is 23.0 Å². The van der Waals surface area contributed by atoms with E-state index < -0.39 is 0 Å². The summed E-state index contributed by atoms with van der Waals surface area (Å²) in [4.78, 5) is 19.9. The number of hydrogen-bond acceptors (Lipinski definition) is 5. The van der Waals surface area contributed by atoms with E-state index in [1.54, 1.807) is 16.6 Å². The van der Waals surface area contributed by atoms with Crippen molar-refractivity contribution in [3.05, 3.63) is 52.8 Å². The van der Waals surface area contributed by atoms with E-state index >= 15 is 0 Å². The Bertz CT molecular complexity index is 946. The average Bonchev–Trinajstić information content (AvgIpc) is 3.01. The van der Waals surface area contributed by atoms with E-state index in [1.807, 2.05) is 31.2 Å². The summed E-state index contributed by atoms with van der Waals surface area (Å²) in [6, 6.07) is 11.4. The molecule has 0 N–H and O–H groups in total. The number of morpholine rings is 1. The summed E-state index contributed by atoms with van der Waals surface area (Å²) < 4.78 is 6.92. The molecule has 0 unspecified atom stereocenters. The Morgan fingerprint density at radius 1 is 1.15 bits per heavy atom. The number of halogens is 1. The summed E-state index contributed by atoms with van der Waals surface area (Å²) in [6.07, 6.45) is 0. The second-order valence-electron chi connectivity index (χ2n) is 6.41. The van der Waals surface area contributed by atoms with Crippen LogP contribution in [0, 0.1) is 6.92 Å². The molecule has 0 bridgehead atoms. The van der Waals surface area contributed by atoms with E-state index in [4.69, 9.17) is 16.3 Å². The summed E-state index contributed by atoms with van der Waals surface area (Å²) in [5, 5.41) is 4.63. The summed E-state index contributed by atoms with van der Waals surface area (Å²) in [6.45, 7) is 5.13. The van der Waals surface area contributed by atoms with Crippen molar-refractivity contribution in [2.24, 2.45) is 0 Å². The molecule has 0 atom stereocenters. The fourth-order valence-corrected chi connectivity index (χ4v) is 3.25. The topological polar surface area (TPSA) is 59.7 Å². The molecular formula is C19H19ClN4O2. The smallest absolute Gasteiger partial charge is 0.197 e. The molecular weight excluding hydrogens is 352 g/mol. The lowest BCUT2D eigenvalue weighted by Crippen LogP contribution is -2.39. The van der Waals surface area contributed by atoms with Gasteiger partial charge in [-0.3, -0.25) is 9.69 Å². The zero-order valence-electron chi connectivity index (χ0n) is 14.5. The number of hydrogen-bond donors (Lipinski definition) is 0. The van der Waals surface area contributed by atoms with E-state index in [9.17, 15) is 4.79 Å². The number of ether oxygens (including phenoxy) is 1. The van der Waals surface area contributed by atoms with Gasteiger partial charge in [-0.05, 0) is 19.1 Å². The Balaban J connectivity index is 1.79. The molecule has 1 aliphatic heterocycles. The molecule has 1 saturated heterocycles. The predicted octanol–water partition coefficient (Wildman–Crippen LogP) is 2.87. The highest BCUT2D eigenvalue weighted by Crippen LogP contribution is 2.26. The first-order chi connectivity index (χ1) is 12.6. The second-order valence-corrected chi connectivity index (χ2v) is 6.80. The molecule has 1 aromatic carbocycles. The van der Waals surface area contributed by atoms with Gasteiger partial charge in [0.2, 0.25) is 0 Å². The van der Waals surface area contributed by atoms with Crippen LogP contribution in [0.3, 0.4) is 0 Å². The largest absolute Gasteiger partial charge is 0.379 e. The van der Waals surface area contributed by atoms with Crippen molar-refractivity contribution in [3.63, 3.8) is 0 Å². The Labute approximate surface area is 156 Å². The SMILES string of the molecule is Cc1ccc(-c2nc3ccc(Cl)nn3c2C(=O)CN2CCOCC2)cc1. The molecule has 0 aliphatic carbocycles. The van der Waals surface area contributed by atoms with Gasteiger partial charge in [0.1, 0.15) is 16.5 Å². The van der Waals surface area contributed by atoms with Crippen LogP contribution in [0.1, 0.15) is 16.1 Å². The minimum Gasteiger partial charge on any atom is -0.379 e. The number of ketones is 1. The van der Waals surface area contributed by atoms with Crippen molar-refractivity contribution in [2.45, 2.75) is 6.92 Å². The Hall–Kier alpha value is -2.28. The van der Waals surface area contributed by atoms with Gasteiger partial charge in [-0.25, -0.2) is 9.50 Å². The van der Waals surface area contributed by atoms with E-state index in [-0.39, 0.29) is 5.78 Å². The highest BCUT2D eigenvalue weighted by molar-refractivity contribution is 6.29. The maximum Gasteiger partial charge on any atom is 0.197 e. The number of imidazole rings is 1. The molecule has 2 aromatic heterocycles. The first-order valence-electron chi connectivity index (χ1n) is 8.57. The minimum atomic E-state index is -0.0234. The fraction of sp³-hybridized carbons (Fsp3) is 0.316. The van der Waals surface area contributed by atoms with Gasteiger partial charge in [0.15, 0.2) is 11.4 Å². The van der Waals surface area contributed by atoms with Gasteiger partial charge >= 0.3 is 0 Å². The van der Waals surface area contributed by atoms with Gasteiger partial charge in [0, 0.05) is 18.7 Å². The van der Waals surface area contributed by atoms with Crippen LogP contribution < -0.4 is 0 Å². The highest BCUT2D eigenvalue weighted by Gasteiger charge is 2.24. The molecule has 7 heteroatoms. The number of Topliss-reactive ketones (excluding diaryl/α,β-unsaturated/α-hetero) is 1. The standard InChI is InChI=1S/C19H19ClN4O2/c1-13-2-4-14(5-3-13)18-19(15(25)12-23-8-10-26-11-9-23)24-17(21-18)7-6-16(20)22-24/h2-7H,8-12H2,1H3. The van der Waals surface area contributed by atoms with Crippen molar-refractivity contribution in [2.75, 3.05) is 32.8 Å². The molecule has 134 valence electrons. The molecule has 0 amide bonds. The number of benzene rings is 1. The predicted molar refractivity (Wildman–Crippen MR) is 99.8 cm³/mol. The third-order valence-electron chi connectivity index (χ3n) is 4.50. The maximum atomic E-state index is 13.1. The lowest BCUT2D eigenvalue weighted by Gasteiger charge is -2.25. The second kappa shape index (κ2) is 7.15. The van der Waals surface area contributed by atoms with Gasteiger partial charge in [-0.1, -0.05) is 41.4 Å². The quantitative estimate of drug-likeness (QED) is 0.661. The van der Waals surface area contributed by atoms with E-state index in [2.05, 4.69) is 15.0 Å². The third-order valence-corrected chi connectivity index (χ3v) is 4.71. The lowest BCUT2D eigenvalue weighted by atomic mass is 10.1. The summed E-state index contributed by atoms with van der Waals surface area (Å²) in [5.74, 6) is -0.0234. The minimum absolute atomic E-state index is 0.0234. The van der Waals surface area contributed by atoms with Crippen LogP contribution in [-0.2, 0) is 4.74 Å². The average molecular weight is 371 g/mol. The molecule has 3 heterocycles. The first-order valence-corrected chi connectivity index (χ1v) is 8.95. The van der Waals surface area contributed by atoms with Crippen LogP contribution in [0.5, 0.6) is 0 Å². The first kappa shape index (κ1) is 17.1. The number of rotatable bonds is 4. The van der Waals surface area contributed by atoms with Gasteiger partial charge in [0.05, 0.1) is 19.8 Å². The zero-order chi connectivity index (χ0) is 18.1. The number of carbonyl (C=O) groups excluding carboxylic acids is 1. The number of aromatic nitrogens is 3. The number of fused-ring (bicyclic) bond motifs is 1. The van der Waals surface area contributed by atoms with Crippen LogP contribution in [0.25, 0.3) is 16.9 Å². The molecule has 0 radical (unpaired) electrons. The molecule has 0 spiro atoms. The van der Waals surface area contributed by atoms with Crippen LogP contribution in [0.4, 0.5) is 0 Å². The van der Waals surface area contributed by atoms with E-state index in [1.165, 1.54) is 0 Å². The Morgan fingerprint density at radius 3 is 2.62 bits per heavy atom. The molecule has 1 fully saturated rings. The molecule has 3 aromatic rings. The van der Waals surface area contributed by atoms with Crippen molar-refractivity contribution in [1.82, 2.24) is 19.5 Å². The fourth-order valence-electron chi connectivity index (χ4n) is 3.11. The third kappa shape index (κ3) is 3.35. The van der Waals surface area contributed by atoms with Gasteiger partial charge < -0.3 is 4.74 Å². The van der Waals surface area contributed by atoms with Crippen molar-refractivity contribution in [3.8, 4) is 11.3 Å². The Morgan fingerprint density at radius 2 is 1.88 bits per heavy atom. The molecule has 6 nitrogen and oxygen atoms in total. The van der Waals surface area contributed by atoms with Crippen molar-refractivity contribution in [1.29, 1.82) is 0 Å². The van der Waals surface area contributed by atoms with Crippen LogP contribution in [-0.4, -0.2) is 58.1 Å². The van der Waals surface area contributed by atoms with Crippen LogP contribution >= 0.6 is 11.6 Å². The molecule has 4 rings (SSSR count). The van der Waals surface area contributed by atoms with Crippen molar-refractivity contribution < 1.29 is 9.53 Å². The maximum absolute atomic E-state index is 13.1. The van der Waals surface area contributed by atoms with E-state index in [0.29, 0.717) is 41.9 Å². The zero-order valence-corrected chi connectivity index (χ0v) is 15.2. The number of carbonyl (C=O) groups is 1. The van der Waals surface area contributed by atoms with Crippen LogP contribution in [0.2, 0.25) is 5.15 Å². The summed E-state index contributed by atoms with van der Waals surface area (Å²) in [5.41, 5.74) is 3.76. The Kier molecular flexibility index (Phi) is 4.72. The monoisotopic (exact) mass is 370 g/mol. The highest BCUT2D eigenvalue weighted by atomic mass is 35.5. The normalized spacial score (nSPS) is 15.5. The van der Waals surface area contributed by atoms with E-state index in [0.717, 1.165) is 24.2 Å². The number of nitrogens with zero attached hydrogens (tertiary/aromatic N) is 4. The van der Waals surface area contributed by atoms with Crippen LogP contribution in [0.15, 0.2) is 36.4 Å². The molecule has 26 heavy (non-hydrogen) atoms. The summed E-state index contributed by atoms with van der Waals surface area (Å²) >= 11 is 6.07.